The summed E-state index contributed by atoms with van der Waals surface area (Å²) in [6, 6.07) is 4.31. The van der Waals surface area contributed by atoms with Crippen molar-refractivity contribution in [2.24, 2.45) is 0 Å². The van der Waals surface area contributed by atoms with Crippen LogP contribution in [0.5, 0.6) is 0 Å². The summed E-state index contributed by atoms with van der Waals surface area (Å²) in [5, 5.41) is 10.8. The van der Waals surface area contributed by atoms with Gasteiger partial charge in [-0.1, -0.05) is 0 Å². The molecule has 0 spiro atoms. The SMILES string of the molecule is COC(=O)CN1C(=O)CCCc2cc([N+](=O)[O-])ccc21. The van der Waals surface area contributed by atoms with Crippen LogP contribution < -0.4 is 4.90 Å². The van der Waals surface area contributed by atoms with Crippen molar-refractivity contribution in [3.8, 4) is 0 Å². The van der Waals surface area contributed by atoms with E-state index in [9.17, 15) is 19.7 Å². The minimum absolute atomic E-state index is 0.0175. The van der Waals surface area contributed by atoms with Crippen LogP contribution in [-0.2, 0) is 20.7 Å². The van der Waals surface area contributed by atoms with E-state index in [1.807, 2.05) is 0 Å². The number of aryl methyl sites for hydroxylation is 1. The number of carbonyl (C=O) groups is 2. The van der Waals surface area contributed by atoms with E-state index in [1.165, 1.54) is 30.2 Å². The molecule has 0 fully saturated rings. The summed E-state index contributed by atoms with van der Waals surface area (Å²) in [6.07, 6.45) is 1.48. The van der Waals surface area contributed by atoms with Gasteiger partial charge in [-0.25, -0.2) is 0 Å². The summed E-state index contributed by atoms with van der Waals surface area (Å²) in [5.74, 6) is -0.701. The highest BCUT2D eigenvalue weighted by Gasteiger charge is 2.25. The molecule has 0 radical (unpaired) electrons. The average Bonchev–Trinajstić information content (AvgIpc) is 2.58. The van der Waals surface area contributed by atoms with Crippen molar-refractivity contribution in [1.82, 2.24) is 0 Å². The molecule has 0 aromatic heterocycles. The Balaban J connectivity index is 2.41. The summed E-state index contributed by atoms with van der Waals surface area (Å²) in [6.45, 7) is -0.180. The molecular formula is C13H14N2O5. The number of carbonyl (C=O) groups excluding carboxylic acids is 2. The molecule has 106 valence electrons. The molecule has 7 nitrogen and oxygen atoms in total. The number of esters is 1. The monoisotopic (exact) mass is 278 g/mol. The van der Waals surface area contributed by atoms with Crippen molar-refractivity contribution < 1.29 is 19.2 Å². The van der Waals surface area contributed by atoms with Crippen molar-refractivity contribution in [1.29, 1.82) is 0 Å². The van der Waals surface area contributed by atoms with Gasteiger partial charge in [0, 0.05) is 24.2 Å². The molecule has 1 aliphatic heterocycles. The van der Waals surface area contributed by atoms with Gasteiger partial charge in [-0.2, -0.15) is 0 Å². The smallest absolute Gasteiger partial charge is 0.325 e. The van der Waals surface area contributed by atoms with Crippen molar-refractivity contribution in [3.63, 3.8) is 0 Å². The number of hydrogen-bond donors (Lipinski definition) is 0. The Morgan fingerprint density at radius 1 is 1.45 bits per heavy atom. The maximum atomic E-state index is 12.0. The number of benzene rings is 1. The van der Waals surface area contributed by atoms with Crippen LogP contribution in [0.25, 0.3) is 0 Å². The molecule has 2 rings (SSSR count). The molecule has 0 bridgehead atoms. The first-order valence-electron chi connectivity index (χ1n) is 6.17. The van der Waals surface area contributed by atoms with E-state index >= 15 is 0 Å². The molecular weight excluding hydrogens is 264 g/mol. The topological polar surface area (TPSA) is 89.8 Å². The number of hydrogen-bond acceptors (Lipinski definition) is 5. The van der Waals surface area contributed by atoms with Gasteiger partial charge < -0.3 is 9.64 Å². The molecule has 1 aromatic rings. The van der Waals surface area contributed by atoms with E-state index in [-0.39, 0.29) is 18.1 Å². The lowest BCUT2D eigenvalue weighted by Gasteiger charge is -2.21. The van der Waals surface area contributed by atoms with Gasteiger partial charge in [-0.05, 0) is 24.5 Å². The van der Waals surface area contributed by atoms with E-state index in [2.05, 4.69) is 4.74 Å². The highest BCUT2D eigenvalue weighted by Crippen LogP contribution is 2.30. The standard InChI is InChI=1S/C13H14N2O5/c1-20-13(17)8-14-11-6-5-10(15(18)19)7-9(11)3-2-4-12(14)16/h5-7H,2-4,8H2,1H3. The molecule has 0 N–H and O–H groups in total. The normalized spacial score (nSPS) is 14.4. The molecule has 0 saturated carbocycles. The Morgan fingerprint density at radius 2 is 2.20 bits per heavy atom. The van der Waals surface area contributed by atoms with E-state index in [0.717, 1.165) is 0 Å². The second-order valence-electron chi connectivity index (χ2n) is 4.48. The molecule has 0 saturated heterocycles. The zero-order chi connectivity index (χ0) is 14.7. The molecule has 1 heterocycles. The number of nitro benzene ring substituents is 1. The average molecular weight is 278 g/mol. The van der Waals surface area contributed by atoms with Crippen molar-refractivity contribution in [2.45, 2.75) is 19.3 Å². The number of nitrogens with zero attached hydrogens (tertiary/aromatic N) is 2. The van der Waals surface area contributed by atoms with Crippen molar-refractivity contribution >= 4 is 23.3 Å². The minimum Gasteiger partial charge on any atom is -0.468 e. The molecule has 20 heavy (non-hydrogen) atoms. The highest BCUT2D eigenvalue weighted by molar-refractivity contribution is 5.99. The quantitative estimate of drug-likeness (QED) is 0.474. The Kier molecular flexibility index (Phi) is 3.97. The summed E-state index contributed by atoms with van der Waals surface area (Å²) in [7, 11) is 1.25. The fourth-order valence-corrected chi connectivity index (χ4v) is 2.22. The van der Waals surface area contributed by atoms with E-state index < -0.39 is 10.9 Å². The maximum absolute atomic E-state index is 12.0. The van der Waals surface area contributed by atoms with Crippen molar-refractivity contribution in [3.05, 3.63) is 33.9 Å². The zero-order valence-corrected chi connectivity index (χ0v) is 11.0. The van der Waals surface area contributed by atoms with Crippen LogP contribution in [0.1, 0.15) is 18.4 Å². The van der Waals surface area contributed by atoms with E-state index in [1.54, 1.807) is 0 Å². The molecule has 1 amide bonds. The van der Waals surface area contributed by atoms with Crippen LogP contribution >= 0.6 is 0 Å². The lowest BCUT2D eigenvalue weighted by Crippen LogP contribution is -2.35. The van der Waals surface area contributed by atoms with Crippen LogP contribution in [0.2, 0.25) is 0 Å². The second kappa shape index (κ2) is 5.68. The van der Waals surface area contributed by atoms with E-state index in [4.69, 9.17) is 0 Å². The molecule has 7 heteroatoms. The number of non-ortho nitro benzene ring substituents is 1. The van der Waals surface area contributed by atoms with Crippen LogP contribution in [0.15, 0.2) is 18.2 Å². The Bertz CT molecular complexity index is 570. The lowest BCUT2D eigenvalue weighted by atomic mass is 10.1. The van der Waals surface area contributed by atoms with Crippen molar-refractivity contribution in [2.75, 3.05) is 18.6 Å². The molecule has 0 atom stereocenters. The largest absolute Gasteiger partial charge is 0.468 e. The first-order chi connectivity index (χ1) is 9.52. The lowest BCUT2D eigenvalue weighted by molar-refractivity contribution is -0.384. The third-order valence-corrected chi connectivity index (χ3v) is 3.22. The zero-order valence-electron chi connectivity index (χ0n) is 11.0. The Morgan fingerprint density at radius 3 is 2.85 bits per heavy atom. The Hall–Kier alpha value is -2.44. The van der Waals surface area contributed by atoms with Gasteiger partial charge in [-0.3, -0.25) is 19.7 Å². The number of anilines is 1. The number of fused-ring (bicyclic) bond motifs is 1. The molecule has 1 aliphatic rings. The van der Waals surface area contributed by atoms with Gasteiger partial charge in [-0.15, -0.1) is 0 Å². The number of nitro groups is 1. The van der Waals surface area contributed by atoms with Crippen LogP contribution in [-0.4, -0.2) is 30.5 Å². The third-order valence-electron chi connectivity index (χ3n) is 3.22. The Labute approximate surface area is 115 Å². The number of ether oxygens (including phenoxy) is 1. The van der Waals surface area contributed by atoms with Crippen LogP contribution in [0, 0.1) is 10.1 Å². The predicted octanol–water partition coefficient (Wildman–Crippen LogP) is 1.44. The van der Waals surface area contributed by atoms with Crippen LogP contribution in [0.3, 0.4) is 0 Å². The highest BCUT2D eigenvalue weighted by atomic mass is 16.6. The maximum Gasteiger partial charge on any atom is 0.325 e. The first-order valence-corrected chi connectivity index (χ1v) is 6.17. The summed E-state index contributed by atoms with van der Waals surface area (Å²) < 4.78 is 4.58. The number of amides is 1. The third kappa shape index (κ3) is 2.76. The van der Waals surface area contributed by atoms with E-state index in [0.29, 0.717) is 30.5 Å². The molecule has 1 aromatic carbocycles. The van der Waals surface area contributed by atoms with Gasteiger partial charge in [0.15, 0.2) is 0 Å². The first kappa shape index (κ1) is 14.0. The van der Waals surface area contributed by atoms with Gasteiger partial charge in [0.2, 0.25) is 5.91 Å². The van der Waals surface area contributed by atoms with Gasteiger partial charge >= 0.3 is 5.97 Å². The molecule has 0 aliphatic carbocycles. The summed E-state index contributed by atoms with van der Waals surface area (Å²) in [4.78, 5) is 35.1. The second-order valence-corrected chi connectivity index (χ2v) is 4.48. The summed E-state index contributed by atoms with van der Waals surface area (Å²) in [5.41, 5.74) is 1.23. The molecule has 0 unspecified atom stereocenters. The minimum atomic E-state index is -0.524. The fourth-order valence-electron chi connectivity index (χ4n) is 2.22. The number of methoxy groups -OCH3 is 1. The summed E-state index contributed by atoms with van der Waals surface area (Å²) >= 11 is 0. The van der Waals surface area contributed by atoms with Gasteiger partial charge in [0.05, 0.1) is 12.0 Å². The van der Waals surface area contributed by atoms with Gasteiger partial charge in [0.1, 0.15) is 6.54 Å². The fraction of sp³-hybridized carbons (Fsp3) is 0.385. The number of rotatable bonds is 3. The predicted molar refractivity (Wildman–Crippen MR) is 70.4 cm³/mol. The van der Waals surface area contributed by atoms with Gasteiger partial charge in [0.25, 0.3) is 5.69 Å². The van der Waals surface area contributed by atoms with Crippen LogP contribution in [0.4, 0.5) is 11.4 Å².